The van der Waals surface area contributed by atoms with Crippen molar-refractivity contribution in [2.24, 2.45) is 0 Å². The second-order valence-electron chi connectivity index (χ2n) is 4.25. The van der Waals surface area contributed by atoms with E-state index < -0.39 is 0 Å². The first-order valence-corrected chi connectivity index (χ1v) is 5.80. The minimum atomic E-state index is 0.154. The molecule has 0 aliphatic heterocycles. The molecule has 0 spiro atoms. The number of nitrogens with two attached hydrogens (primary N) is 1. The summed E-state index contributed by atoms with van der Waals surface area (Å²) in [6.45, 7) is 0. The van der Waals surface area contributed by atoms with Crippen molar-refractivity contribution < 1.29 is 9.84 Å². The fourth-order valence-electron chi connectivity index (χ4n) is 2.03. The van der Waals surface area contributed by atoms with Gasteiger partial charge in [0.15, 0.2) is 0 Å². The third-order valence-corrected chi connectivity index (χ3v) is 2.95. The number of fused-ring (bicyclic) bond motifs is 1. The number of benzene rings is 2. The summed E-state index contributed by atoms with van der Waals surface area (Å²) in [5.41, 5.74) is 8.89. The maximum absolute atomic E-state index is 9.46. The summed E-state index contributed by atoms with van der Waals surface area (Å²) in [5.74, 6) is 1.39. The molecule has 0 fully saturated rings. The Bertz CT molecular complexity index is 750. The van der Waals surface area contributed by atoms with Crippen LogP contribution in [0.1, 0.15) is 0 Å². The van der Waals surface area contributed by atoms with Crippen LogP contribution in [0.2, 0.25) is 0 Å². The predicted molar refractivity (Wildman–Crippen MR) is 74.2 cm³/mol. The van der Waals surface area contributed by atoms with Gasteiger partial charge in [0.2, 0.25) is 0 Å². The standard InChI is InChI=1S/C14H13N3O2/c1-19-13-7-9(18)3-4-10(13)14-16-11-5-2-8(15)6-12(11)17-14/h2-7,18H,15H2,1H3,(H,16,17). The van der Waals surface area contributed by atoms with Crippen LogP contribution in [0.4, 0.5) is 5.69 Å². The van der Waals surface area contributed by atoms with E-state index in [0.717, 1.165) is 16.6 Å². The maximum atomic E-state index is 9.46. The number of aromatic amines is 1. The molecule has 3 rings (SSSR count). The molecule has 0 bridgehead atoms. The van der Waals surface area contributed by atoms with E-state index in [-0.39, 0.29) is 5.75 Å². The molecule has 3 aromatic rings. The predicted octanol–water partition coefficient (Wildman–Crippen LogP) is 2.53. The van der Waals surface area contributed by atoms with E-state index in [9.17, 15) is 5.11 Å². The van der Waals surface area contributed by atoms with E-state index in [2.05, 4.69) is 9.97 Å². The van der Waals surface area contributed by atoms with Crippen LogP contribution in [0.15, 0.2) is 36.4 Å². The van der Waals surface area contributed by atoms with E-state index in [1.54, 1.807) is 25.3 Å². The molecule has 0 amide bonds. The number of H-pyrrole nitrogens is 1. The van der Waals surface area contributed by atoms with Crippen LogP contribution >= 0.6 is 0 Å². The van der Waals surface area contributed by atoms with Crippen molar-refractivity contribution in [1.29, 1.82) is 0 Å². The van der Waals surface area contributed by atoms with Crippen molar-refractivity contribution in [1.82, 2.24) is 9.97 Å². The molecule has 1 aromatic heterocycles. The summed E-state index contributed by atoms with van der Waals surface area (Å²) in [4.78, 5) is 7.69. The number of methoxy groups -OCH3 is 1. The highest BCUT2D eigenvalue weighted by molar-refractivity contribution is 5.83. The molecule has 19 heavy (non-hydrogen) atoms. The van der Waals surface area contributed by atoms with Crippen LogP contribution in [-0.2, 0) is 0 Å². The largest absolute Gasteiger partial charge is 0.508 e. The van der Waals surface area contributed by atoms with Crippen LogP contribution in [0, 0.1) is 0 Å². The van der Waals surface area contributed by atoms with Gasteiger partial charge in [-0.15, -0.1) is 0 Å². The Hall–Kier alpha value is -2.69. The molecule has 0 saturated heterocycles. The molecular formula is C14H13N3O2. The van der Waals surface area contributed by atoms with Gasteiger partial charge in [-0.05, 0) is 30.3 Å². The number of nitrogens with one attached hydrogen (secondary N) is 1. The van der Waals surface area contributed by atoms with Crippen molar-refractivity contribution in [2.45, 2.75) is 0 Å². The Morgan fingerprint density at radius 3 is 2.84 bits per heavy atom. The molecule has 4 N–H and O–H groups in total. The van der Waals surface area contributed by atoms with E-state index in [1.165, 1.54) is 0 Å². The highest BCUT2D eigenvalue weighted by atomic mass is 16.5. The van der Waals surface area contributed by atoms with Gasteiger partial charge < -0.3 is 20.6 Å². The Morgan fingerprint density at radius 1 is 1.21 bits per heavy atom. The zero-order valence-corrected chi connectivity index (χ0v) is 10.3. The highest BCUT2D eigenvalue weighted by Crippen LogP contribution is 2.32. The molecule has 5 nitrogen and oxygen atoms in total. The van der Waals surface area contributed by atoms with E-state index in [4.69, 9.17) is 10.5 Å². The number of anilines is 1. The number of imidazole rings is 1. The zero-order chi connectivity index (χ0) is 13.4. The van der Waals surface area contributed by atoms with Crippen molar-refractivity contribution in [3.05, 3.63) is 36.4 Å². The first-order valence-electron chi connectivity index (χ1n) is 5.80. The number of hydrogen-bond acceptors (Lipinski definition) is 4. The van der Waals surface area contributed by atoms with E-state index in [0.29, 0.717) is 17.3 Å². The van der Waals surface area contributed by atoms with Gasteiger partial charge >= 0.3 is 0 Å². The third kappa shape index (κ3) is 1.95. The molecule has 0 aliphatic rings. The Kier molecular flexibility index (Phi) is 2.52. The molecular weight excluding hydrogens is 242 g/mol. The molecule has 5 heteroatoms. The molecule has 0 atom stereocenters. The molecule has 0 aliphatic carbocycles. The summed E-state index contributed by atoms with van der Waals surface area (Å²) in [6.07, 6.45) is 0. The minimum Gasteiger partial charge on any atom is -0.508 e. The lowest BCUT2D eigenvalue weighted by atomic mass is 10.2. The van der Waals surface area contributed by atoms with Gasteiger partial charge in [0.25, 0.3) is 0 Å². The lowest BCUT2D eigenvalue weighted by molar-refractivity contribution is 0.409. The van der Waals surface area contributed by atoms with Crippen LogP contribution in [0.3, 0.4) is 0 Å². The van der Waals surface area contributed by atoms with E-state index >= 15 is 0 Å². The Labute approximate surface area is 109 Å². The van der Waals surface area contributed by atoms with Crippen molar-refractivity contribution in [3.8, 4) is 22.9 Å². The molecule has 1 heterocycles. The summed E-state index contributed by atoms with van der Waals surface area (Å²) >= 11 is 0. The first kappa shape index (κ1) is 11.4. The number of aromatic hydroxyl groups is 1. The maximum Gasteiger partial charge on any atom is 0.142 e. The zero-order valence-electron chi connectivity index (χ0n) is 10.3. The number of hydrogen-bond donors (Lipinski definition) is 3. The monoisotopic (exact) mass is 255 g/mol. The van der Waals surface area contributed by atoms with Crippen molar-refractivity contribution in [2.75, 3.05) is 12.8 Å². The third-order valence-electron chi connectivity index (χ3n) is 2.95. The number of phenolic OH excluding ortho intramolecular Hbond substituents is 1. The summed E-state index contributed by atoms with van der Waals surface area (Å²) in [6, 6.07) is 10.4. The lowest BCUT2D eigenvalue weighted by Gasteiger charge is -2.06. The lowest BCUT2D eigenvalue weighted by Crippen LogP contribution is -1.88. The van der Waals surface area contributed by atoms with Gasteiger partial charge in [-0.3, -0.25) is 0 Å². The Morgan fingerprint density at radius 2 is 2.05 bits per heavy atom. The highest BCUT2D eigenvalue weighted by Gasteiger charge is 2.11. The fraction of sp³-hybridized carbons (Fsp3) is 0.0714. The second kappa shape index (κ2) is 4.20. The molecule has 0 saturated carbocycles. The number of nitrogens with zero attached hydrogens (tertiary/aromatic N) is 1. The number of nitrogen functional groups attached to an aromatic ring is 1. The molecule has 96 valence electrons. The normalized spacial score (nSPS) is 10.8. The summed E-state index contributed by atoms with van der Waals surface area (Å²) in [5, 5.41) is 9.46. The van der Waals surface area contributed by atoms with Crippen LogP contribution in [-0.4, -0.2) is 22.2 Å². The second-order valence-corrected chi connectivity index (χ2v) is 4.25. The van der Waals surface area contributed by atoms with Gasteiger partial charge in [-0.25, -0.2) is 4.98 Å². The first-order chi connectivity index (χ1) is 9.17. The van der Waals surface area contributed by atoms with Gasteiger partial charge in [0.1, 0.15) is 17.3 Å². The van der Waals surface area contributed by atoms with Crippen molar-refractivity contribution >= 4 is 16.7 Å². The SMILES string of the molecule is COc1cc(O)ccc1-c1nc2cc(N)ccc2[nH]1. The number of ether oxygens (including phenoxy) is 1. The van der Waals surface area contributed by atoms with Gasteiger partial charge in [-0.1, -0.05) is 0 Å². The van der Waals surface area contributed by atoms with Gasteiger partial charge in [0, 0.05) is 11.8 Å². The van der Waals surface area contributed by atoms with Crippen LogP contribution in [0.25, 0.3) is 22.4 Å². The number of aromatic nitrogens is 2. The minimum absolute atomic E-state index is 0.154. The van der Waals surface area contributed by atoms with E-state index in [1.807, 2.05) is 18.2 Å². The fourth-order valence-corrected chi connectivity index (χ4v) is 2.03. The van der Waals surface area contributed by atoms with Crippen LogP contribution in [0.5, 0.6) is 11.5 Å². The molecule has 2 aromatic carbocycles. The smallest absolute Gasteiger partial charge is 0.142 e. The average molecular weight is 255 g/mol. The molecule has 0 unspecified atom stereocenters. The Balaban J connectivity index is 2.18. The summed E-state index contributed by atoms with van der Waals surface area (Å²) < 4.78 is 5.26. The average Bonchev–Trinajstić information content (AvgIpc) is 2.81. The van der Waals surface area contributed by atoms with Crippen LogP contribution < -0.4 is 10.5 Å². The number of rotatable bonds is 2. The molecule has 0 radical (unpaired) electrons. The van der Waals surface area contributed by atoms with Crippen molar-refractivity contribution in [3.63, 3.8) is 0 Å². The number of phenols is 1. The topological polar surface area (TPSA) is 84.2 Å². The summed E-state index contributed by atoms with van der Waals surface area (Å²) in [7, 11) is 1.55. The van der Waals surface area contributed by atoms with Gasteiger partial charge in [-0.2, -0.15) is 0 Å². The van der Waals surface area contributed by atoms with Gasteiger partial charge in [0.05, 0.1) is 23.7 Å². The quantitative estimate of drug-likeness (QED) is 0.614.